The van der Waals surface area contributed by atoms with Gasteiger partial charge in [0.25, 0.3) is 0 Å². The van der Waals surface area contributed by atoms with Crippen LogP contribution < -0.4 is 0 Å². The second-order valence-corrected chi connectivity index (χ2v) is 3.25. The summed E-state index contributed by atoms with van der Waals surface area (Å²) >= 11 is 0. The van der Waals surface area contributed by atoms with Crippen LogP contribution in [0.4, 0.5) is 0 Å². The molecule has 2 atom stereocenters. The Morgan fingerprint density at radius 1 is 1.27 bits per heavy atom. The first-order valence-corrected chi connectivity index (χ1v) is 4.79. The van der Waals surface area contributed by atoms with Crippen molar-refractivity contribution in [3.05, 3.63) is 0 Å². The lowest BCUT2D eigenvalue weighted by Crippen LogP contribution is -2.18. The molecule has 0 saturated carbocycles. The lowest BCUT2D eigenvalue weighted by Gasteiger charge is -2.20. The molecule has 0 fully saturated rings. The van der Waals surface area contributed by atoms with Crippen LogP contribution in [0.5, 0.6) is 0 Å². The van der Waals surface area contributed by atoms with Gasteiger partial charge >= 0.3 is 0 Å². The maximum atomic E-state index is 5.30. The Morgan fingerprint density at radius 2 is 1.91 bits per heavy atom. The molecule has 0 heterocycles. The standard InChI is InChI=1S/C10H22O/c1-5-7-8-10(6-2)9(3)11-4/h9-10H,5-8H2,1-4H3/t9-,10-/m1/s1. The highest BCUT2D eigenvalue weighted by atomic mass is 16.5. The van der Waals surface area contributed by atoms with Crippen LogP contribution in [0.15, 0.2) is 0 Å². The summed E-state index contributed by atoms with van der Waals surface area (Å²) in [5, 5.41) is 0. The summed E-state index contributed by atoms with van der Waals surface area (Å²) < 4.78 is 5.30. The molecule has 68 valence electrons. The molecule has 0 bridgehead atoms. The second-order valence-electron chi connectivity index (χ2n) is 3.25. The second kappa shape index (κ2) is 6.66. The lowest BCUT2D eigenvalue weighted by molar-refractivity contribution is 0.0605. The number of rotatable bonds is 6. The van der Waals surface area contributed by atoms with Crippen molar-refractivity contribution in [3.63, 3.8) is 0 Å². The fourth-order valence-corrected chi connectivity index (χ4v) is 1.43. The molecule has 0 aliphatic heterocycles. The first-order chi connectivity index (χ1) is 5.26. The Labute approximate surface area is 71.1 Å². The third-order valence-electron chi connectivity index (χ3n) is 2.49. The van der Waals surface area contributed by atoms with Gasteiger partial charge in [0.05, 0.1) is 6.10 Å². The molecule has 0 rings (SSSR count). The molecular weight excluding hydrogens is 136 g/mol. The van der Waals surface area contributed by atoms with Crippen molar-refractivity contribution in [2.45, 2.75) is 52.6 Å². The van der Waals surface area contributed by atoms with E-state index >= 15 is 0 Å². The van der Waals surface area contributed by atoms with Gasteiger partial charge in [-0.25, -0.2) is 0 Å². The molecule has 0 N–H and O–H groups in total. The monoisotopic (exact) mass is 158 g/mol. The Balaban J connectivity index is 3.56. The average Bonchev–Trinajstić information content (AvgIpc) is 2.05. The van der Waals surface area contributed by atoms with Gasteiger partial charge in [-0.05, 0) is 19.3 Å². The summed E-state index contributed by atoms with van der Waals surface area (Å²) in [6, 6.07) is 0. The maximum Gasteiger partial charge on any atom is 0.0571 e. The van der Waals surface area contributed by atoms with Crippen LogP contribution in [0.25, 0.3) is 0 Å². The van der Waals surface area contributed by atoms with E-state index in [1.54, 1.807) is 7.11 Å². The predicted octanol–water partition coefficient (Wildman–Crippen LogP) is 3.24. The molecular formula is C10H22O. The van der Waals surface area contributed by atoms with Crippen LogP contribution in [0.1, 0.15) is 46.5 Å². The summed E-state index contributed by atoms with van der Waals surface area (Å²) in [5.41, 5.74) is 0. The highest BCUT2D eigenvalue weighted by molar-refractivity contribution is 4.63. The molecule has 1 heteroatoms. The van der Waals surface area contributed by atoms with Gasteiger partial charge in [0.15, 0.2) is 0 Å². The SMILES string of the molecule is CCCC[C@@H](CC)[C@@H](C)OC. The van der Waals surface area contributed by atoms with E-state index in [-0.39, 0.29) is 0 Å². The number of hydrogen-bond acceptors (Lipinski definition) is 1. The maximum absolute atomic E-state index is 5.30. The predicted molar refractivity (Wildman–Crippen MR) is 49.8 cm³/mol. The molecule has 0 aromatic carbocycles. The third kappa shape index (κ3) is 4.41. The van der Waals surface area contributed by atoms with Gasteiger partial charge in [-0.2, -0.15) is 0 Å². The molecule has 0 aromatic heterocycles. The minimum absolute atomic E-state index is 0.437. The van der Waals surface area contributed by atoms with Gasteiger partial charge in [-0.1, -0.05) is 33.1 Å². The summed E-state index contributed by atoms with van der Waals surface area (Å²) in [5.74, 6) is 0.764. The van der Waals surface area contributed by atoms with Crippen molar-refractivity contribution >= 4 is 0 Å². The molecule has 1 nitrogen and oxygen atoms in total. The smallest absolute Gasteiger partial charge is 0.0571 e. The van der Waals surface area contributed by atoms with E-state index < -0.39 is 0 Å². The van der Waals surface area contributed by atoms with E-state index in [0.29, 0.717) is 6.10 Å². The Bertz CT molecular complexity index is 80.9. The van der Waals surface area contributed by atoms with Crippen LogP contribution in [0.3, 0.4) is 0 Å². The van der Waals surface area contributed by atoms with Crippen molar-refractivity contribution in [1.29, 1.82) is 0 Å². The molecule has 0 unspecified atom stereocenters. The van der Waals surface area contributed by atoms with Crippen LogP contribution in [0.2, 0.25) is 0 Å². The summed E-state index contributed by atoms with van der Waals surface area (Å²) in [6.45, 7) is 6.66. The van der Waals surface area contributed by atoms with Gasteiger partial charge in [0.1, 0.15) is 0 Å². The summed E-state index contributed by atoms with van der Waals surface area (Å²) in [7, 11) is 1.80. The van der Waals surface area contributed by atoms with E-state index in [0.717, 1.165) is 5.92 Å². The van der Waals surface area contributed by atoms with E-state index in [1.807, 2.05) is 0 Å². The average molecular weight is 158 g/mol. The van der Waals surface area contributed by atoms with Gasteiger partial charge in [-0.15, -0.1) is 0 Å². The van der Waals surface area contributed by atoms with Crippen LogP contribution in [-0.4, -0.2) is 13.2 Å². The third-order valence-corrected chi connectivity index (χ3v) is 2.49. The number of hydrogen-bond donors (Lipinski definition) is 0. The van der Waals surface area contributed by atoms with Crippen molar-refractivity contribution in [1.82, 2.24) is 0 Å². The van der Waals surface area contributed by atoms with Gasteiger partial charge in [-0.3, -0.25) is 0 Å². The lowest BCUT2D eigenvalue weighted by atomic mass is 9.94. The highest BCUT2D eigenvalue weighted by Crippen LogP contribution is 2.18. The van der Waals surface area contributed by atoms with Gasteiger partial charge < -0.3 is 4.74 Å². The number of methoxy groups -OCH3 is 1. The van der Waals surface area contributed by atoms with Crippen molar-refractivity contribution in [2.24, 2.45) is 5.92 Å². The zero-order valence-electron chi connectivity index (χ0n) is 8.39. The Morgan fingerprint density at radius 3 is 2.27 bits per heavy atom. The fraction of sp³-hybridized carbons (Fsp3) is 1.00. The number of ether oxygens (including phenoxy) is 1. The molecule has 0 aliphatic carbocycles. The van der Waals surface area contributed by atoms with Crippen LogP contribution in [0, 0.1) is 5.92 Å². The van der Waals surface area contributed by atoms with Crippen LogP contribution in [-0.2, 0) is 4.74 Å². The normalized spacial score (nSPS) is 16.4. The highest BCUT2D eigenvalue weighted by Gasteiger charge is 2.13. The zero-order chi connectivity index (χ0) is 8.69. The van der Waals surface area contributed by atoms with Crippen molar-refractivity contribution in [3.8, 4) is 0 Å². The van der Waals surface area contributed by atoms with Gasteiger partial charge in [0, 0.05) is 7.11 Å². The Kier molecular flexibility index (Phi) is 6.63. The number of unbranched alkanes of at least 4 members (excludes halogenated alkanes) is 1. The van der Waals surface area contributed by atoms with Crippen LogP contribution >= 0.6 is 0 Å². The molecule has 11 heavy (non-hydrogen) atoms. The van der Waals surface area contributed by atoms with Crippen molar-refractivity contribution in [2.75, 3.05) is 7.11 Å². The molecule has 0 aromatic rings. The summed E-state index contributed by atoms with van der Waals surface area (Å²) in [6.07, 6.45) is 5.64. The van der Waals surface area contributed by atoms with Crippen molar-refractivity contribution < 1.29 is 4.74 Å². The molecule has 0 aliphatic rings. The largest absolute Gasteiger partial charge is 0.381 e. The van der Waals surface area contributed by atoms with E-state index in [9.17, 15) is 0 Å². The molecule has 0 saturated heterocycles. The fourth-order valence-electron chi connectivity index (χ4n) is 1.43. The van der Waals surface area contributed by atoms with E-state index in [1.165, 1.54) is 25.7 Å². The first kappa shape index (κ1) is 11.0. The minimum atomic E-state index is 0.437. The topological polar surface area (TPSA) is 9.23 Å². The molecule has 0 amide bonds. The van der Waals surface area contributed by atoms with E-state index in [4.69, 9.17) is 4.74 Å². The van der Waals surface area contributed by atoms with Gasteiger partial charge in [0.2, 0.25) is 0 Å². The minimum Gasteiger partial charge on any atom is -0.381 e. The van der Waals surface area contributed by atoms with E-state index in [2.05, 4.69) is 20.8 Å². The first-order valence-electron chi connectivity index (χ1n) is 4.79. The molecule has 0 radical (unpaired) electrons. The summed E-state index contributed by atoms with van der Waals surface area (Å²) in [4.78, 5) is 0. The quantitative estimate of drug-likeness (QED) is 0.576. The molecule has 0 spiro atoms. The Hall–Kier alpha value is -0.0400. The zero-order valence-corrected chi connectivity index (χ0v) is 8.39.